The Morgan fingerprint density at radius 2 is 2.11 bits per heavy atom. The molecule has 2 aliphatic rings. The molecule has 1 aromatic rings. The number of ether oxygens (including phenoxy) is 3. The third kappa shape index (κ3) is 6.50. The first kappa shape index (κ1) is 22.2. The van der Waals surface area contributed by atoms with Crippen molar-refractivity contribution >= 4 is 29.9 Å². The number of nitrogens with zero attached hydrogens (tertiary/aromatic N) is 2. The summed E-state index contributed by atoms with van der Waals surface area (Å²) in [4.78, 5) is 6.73. The van der Waals surface area contributed by atoms with Crippen LogP contribution in [0.4, 0.5) is 0 Å². The van der Waals surface area contributed by atoms with E-state index in [2.05, 4.69) is 27.3 Å². The van der Waals surface area contributed by atoms with Gasteiger partial charge in [0.15, 0.2) is 5.96 Å². The van der Waals surface area contributed by atoms with E-state index in [0.29, 0.717) is 13.2 Å². The Morgan fingerprint density at radius 1 is 1.30 bits per heavy atom. The Morgan fingerprint density at radius 3 is 2.81 bits per heavy atom. The van der Waals surface area contributed by atoms with Gasteiger partial charge in [-0.2, -0.15) is 0 Å². The van der Waals surface area contributed by atoms with E-state index in [1.807, 2.05) is 33.0 Å². The first-order chi connectivity index (χ1) is 12.7. The highest BCUT2D eigenvalue weighted by Gasteiger charge is 2.32. The lowest BCUT2D eigenvalue weighted by Gasteiger charge is -2.37. The van der Waals surface area contributed by atoms with Crippen LogP contribution in [0.15, 0.2) is 29.3 Å². The summed E-state index contributed by atoms with van der Waals surface area (Å²) in [7, 11) is 1.83. The summed E-state index contributed by atoms with van der Waals surface area (Å²) >= 11 is 0. The molecule has 1 N–H and O–H groups in total. The smallest absolute Gasteiger partial charge is 0.194 e. The highest BCUT2D eigenvalue weighted by molar-refractivity contribution is 14.0. The molecular formula is C20H32IN3O3. The lowest BCUT2D eigenvalue weighted by atomic mass is 10.1. The van der Waals surface area contributed by atoms with Gasteiger partial charge in [0.05, 0.1) is 18.8 Å². The maximum atomic E-state index is 5.94. The Hall–Kier alpha value is -1.06. The normalized spacial score (nSPS) is 23.3. The monoisotopic (exact) mass is 489 g/mol. The standard InChI is InChI=1S/C20H31N3O3.HI/c1-15(2)26-17-7-4-6-16(12-17)13-22-20(21-3)23-9-11-25-19(14-23)18-8-5-10-24-18;/h4,6-7,12,15,18-19H,5,8-11,13-14H2,1-3H3,(H,21,22);1H. The van der Waals surface area contributed by atoms with Crippen molar-refractivity contribution in [1.29, 1.82) is 0 Å². The fourth-order valence-corrected chi connectivity index (χ4v) is 3.50. The number of guanidine groups is 1. The molecule has 27 heavy (non-hydrogen) atoms. The highest BCUT2D eigenvalue weighted by Crippen LogP contribution is 2.21. The SMILES string of the molecule is CN=C(NCc1cccc(OC(C)C)c1)N1CCOC(C2CCCO2)C1.I. The Labute approximate surface area is 179 Å². The zero-order valence-electron chi connectivity index (χ0n) is 16.5. The number of morpholine rings is 1. The third-order valence-electron chi connectivity index (χ3n) is 4.71. The van der Waals surface area contributed by atoms with Gasteiger partial charge < -0.3 is 24.4 Å². The van der Waals surface area contributed by atoms with Gasteiger partial charge in [0.2, 0.25) is 0 Å². The van der Waals surface area contributed by atoms with Crippen molar-refractivity contribution in [3.8, 4) is 5.75 Å². The number of hydrogen-bond donors (Lipinski definition) is 1. The van der Waals surface area contributed by atoms with Gasteiger partial charge in [-0.05, 0) is 44.4 Å². The minimum Gasteiger partial charge on any atom is -0.491 e. The largest absolute Gasteiger partial charge is 0.491 e. The van der Waals surface area contributed by atoms with Crippen LogP contribution >= 0.6 is 24.0 Å². The molecule has 1 aromatic carbocycles. The van der Waals surface area contributed by atoms with Gasteiger partial charge >= 0.3 is 0 Å². The second-order valence-electron chi connectivity index (χ2n) is 7.12. The lowest BCUT2D eigenvalue weighted by Crippen LogP contribution is -2.53. The van der Waals surface area contributed by atoms with E-state index >= 15 is 0 Å². The van der Waals surface area contributed by atoms with E-state index in [1.165, 1.54) is 5.56 Å². The first-order valence-electron chi connectivity index (χ1n) is 9.60. The molecule has 2 fully saturated rings. The second-order valence-corrected chi connectivity index (χ2v) is 7.12. The van der Waals surface area contributed by atoms with E-state index in [0.717, 1.165) is 44.2 Å². The van der Waals surface area contributed by atoms with E-state index in [4.69, 9.17) is 14.2 Å². The highest BCUT2D eigenvalue weighted by atomic mass is 127. The minimum absolute atomic E-state index is 0. The molecule has 2 atom stereocenters. The molecule has 6 nitrogen and oxygen atoms in total. The fraction of sp³-hybridized carbons (Fsp3) is 0.650. The molecule has 2 unspecified atom stereocenters. The van der Waals surface area contributed by atoms with Gasteiger partial charge in [-0.25, -0.2) is 0 Å². The van der Waals surface area contributed by atoms with Crippen LogP contribution in [-0.4, -0.2) is 62.5 Å². The minimum atomic E-state index is 0. The van der Waals surface area contributed by atoms with Crippen molar-refractivity contribution in [2.75, 3.05) is 33.4 Å². The van der Waals surface area contributed by atoms with Crippen molar-refractivity contribution in [2.45, 2.75) is 51.5 Å². The fourth-order valence-electron chi connectivity index (χ4n) is 3.50. The average Bonchev–Trinajstić information content (AvgIpc) is 3.17. The van der Waals surface area contributed by atoms with Crippen LogP contribution in [0.25, 0.3) is 0 Å². The summed E-state index contributed by atoms with van der Waals surface area (Å²) in [6.45, 7) is 8.02. The zero-order chi connectivity index (χ0) is 18.4. The number of hydrogen-bond acceptors (Lipinski definition) is 4. The molecular weight excluding hydrogens is 457 g/mol. The average molecular weight is 489 g/mol. The lowest BCUT2D eigenvalue weighted by molar-refractivity contribution is -0.0817. The van der Waals surface area contributed by atoms with Crippen molar-refractivity contribution in [3.63, 3.8) is 0 Å². The number of rotatable bonds is 5. The van der Waals surface area contributed by atoms with Crippen LogP contribution < -0.4 is 10.1 Å². The molecule has 2 heterocycles. The van der Waals surface area contributed by atoms with Crippen LogP contribution in [0, 0.1) is 0 Å². The molecule has 0 aromatic heterocycles. The van der Waals surface area contributed by atoms with E-state index < -0.39 is 0 Å². The first-order valence-corrected chi connectivity index (χ1v) is 9.60. The second kappa shape index (κ2) is 11.1. The predicted octanol–water partition coefficient (Wildman–Crippen LogP) is 3.05. The Balaban J connectivity index is 0.00000261. The summed E-state index contributed by atoms with van der Waals surface area (Å²) in [5, 5.41) is 3.47. The van der Waals surface area contributed by atoms with E-state index in [1.54, 1.807) is 0 Å². The van der Waals surface area contributed by atoms with Crippen LogP contribution in [-0.2, 0) is 16.0 Å². The van der Waals surface area contributed by atoms with Crippen molar-refractivity contribution in [2.24, 2.45) is 4.99 Å². The number of aliphatic imine (C=N–C) groups is 1. The molecule has 0 bridgehead atoms. The molecule has 152 valence electrons. The van der Waals surface area contributed by atoms with Crippen molar-refractivity contribution in [3.05, 3.63) is 29.8 Å². The Bertz CT molecular complexity index is 606. The van der Waals surface area contributed by atoms with Gasteiger partial charge in [-0.3, -0.25) is 4.99 Å². The van der Waals surface area contributed by atoms with Crippen LogP contribution in [0.3, 0.4) is 0 Å². The van der Waals surface area contributed by atoms with Crippen LogP contribution in [0.1, 0.15) is 32.3 Å². The van der Waals surface area contributed by atoms with E-state index in [9.17, 15) is 0 Å². The number of nitrogens with one attached hydrogen (secondary N) is 1. The third-order valence-corrected chi connectivity index (χ3v) is 4.71. The van der Waals surface area contributed by atoms with Gasteiger partial charge in [-0.15, -0.1) is 24.0 Å². The summed E-state index contributed by atoms with van der Waals surface area (Å²) in [6, 6.07) is 8.20. The van der Waals surface area contributed by atoms with E-state index in [-0.39, 0.29) is 42.3 Å². The molecule has 0 saturated carbocycles. The summed E-state index contributed by atoms with van der Waals surface area (Å²) < 4.78 is 17.5. The molecule has 0 spiro atoms. The summed E-state index contributed by atoms with van der Waals surface area (Å²) in [6.07, 6.45) is 2.75. The van der Waals surface area contributed by atoms with Gasteiger partial charge in [0, 0.05) is 33.3 Å². The summed E-state index contributed by atoms with van der Waals surface area (Å²) in [5.41, 5.74) is 1.17. The predicted molar refractivity (Wildman–Crippen MR) is 118 cm³/mol. The molecule has 0 amide bonds. The van der Waals surface area contributed by atoms with Gasteiger partial charge in [-0.1, -0.05) is 12.1 Å². The molecule has 7 heteroatoms. The molecule has 0 aliphatic carbocycles. The number of halogens is 1. The maximum absolute atomic E-state index is 5.94. The summed E-state index contributed by atoms with van der Waals surface area (Å²) in [5.74, 6) is 1.81. The van der Waals surface area contributed by atoms with Crippen molar-refractivity contribution in [1.82, 2.24) is 10.2 Å². The van der Waals surface area contributed by atoms with Gasteiger partial charge in [0.1, 0.15) is 11.9 Å². The topological polar surface area (TPSA) is 55.3 Å². The van der Waals surface area contributed by atoms with Crippen molar-refractivity contribution < 1.29 is 14.2 Å². The molecule has 0 radical (unpaired) electrons. The van der Waals surface area contributed by atoms with Crippen LogP contribution in [0.5, 0.6) is 5.75 Å². The molecule has 2 saturated heterocycles. The quantitative estimate of drug-likeness (QED) is 0.392. The number of benzene rings is 1. The van der Waals surface area contributed by atoms with Gasteiger partial charge in [0.25, 0.3) is 0 Å². The zero-order valence-corrected chi connectivity index (χ0v) is 18.8. The molecule has 3 rings (SSSR count). The molecule has 2 aliphatic heterocycles. The van der Waals surface area contributed by atoms with Crippen LogP contribution in [0.2, 0.25) is 0 Å². The Kier molecular flexibility index (Phi) is 9.11. The maximum Gasteiger partial charge on any atom is 0.194 e.